The number of imidazole rings is 2. The highest BCUT2D eigenvalue weighted by Crippen LogP contribution is 2.31. The van der Waals surface area contributed by atoms with Crippen LogP contribution in [-0.4, -0.2) is 31.2 Å². The van der Waals surface area contributed by atoms with Gasteiger partial charge in [0.25, 0.3) is 0 Å². The minimum absolute atomic E-state index is 0.0723. The predicted molar refractivity (Wildman–Crippen MR) is 134 cm³/mol. The average molecular weight is 454 g/mol. The minimum atomic E-state index is -0.0723. The first-order valence-electron chi connectivity index (χ1n) is 11.3. The minimum Gasteiger partial charge on any atom is -0.497 e. The molecule has 0 spiro atoms. The Morgan fingerprint density at radius 2 is 1.97 bits per heavy atom. The quantitative estimate of drug-likeness (QED) is 0.350. The molecule has 5 aromatic rings. The summed E-state index contributed by atoms with van der Waals surface area (Å²) in [4.78, 5) is 9.36. The molecule has 0 atom stereocenters. The molecule has 7 nitrogen and oxygen atoms in total. The number of fused-ring (bicyclic) bond motifs is 1. The van der Waals surface area contributed by atoms with E-state index in [9.17, 15) is 5.11 Å². The number of aliphatic hydroxyl groups excluding tert-OH is 1. The van der Waals surface area contributed by atoms with Gasteiger partial charge in [-0.2, -0.15) is 0 Å². The second-order valence-corrected chi connectivity index (χ2v) is 8.15. The van der Waals surface area contributed by atoms with E-state index in [0.717, 1.165) is 63.1 Å². The standard InChI is InChI=1S/C27H27N5O2/c1-4-21-15-31(17-28-21)25-11-10-22(13-20(25)16-33)29-24-9-6-12-32-18(2)26(30-27(24)32)19-7-5-8-23(14-19)34-3/h5-15,17,29,33H,4,16H2,1-3H3. The molecule has 0 bridgehead atoms. The zero-order valence-corrected chi connectivity index (χ0v) is 19.5. The molecule has 0 amide bonds. The van der Waals surface area contributed by atoms with Crippen LogP contribution in [0.25, 0.3) is 22.6 Å². The third-order valence-corrected chi connectivity index (χ3v) is 6.04. The first-order chi connectivity index (χ1) is 16.6. The molecule has 0 aliphatic heterocycles. The fraction of sp³-hybridized carbons (Fsp3) is 0.185. The number of nitrogens with one attached hydrogen (secondary N) is 1. The molecule has 0 saturated heterocycles. The molecule has 0 fully saturated rings. The molecule has 0 radical (unpaired) electrons. The second-order valence-electron chi connectivity index (χ2n) is 8.15. The summed E-state index contributed by atoms with van der Waals surface area (Å²) in [5, 5.41) is 13.5. The molecule has 0 unspecified atom stereocenters. The molecule has 0 aliphatic rings. The van der Waals surface area contributed by atoms with Crippen molar-refractivity contribution in [3.63, 3.8) is 0 Å². The van der Waals surface area contributed by atoms with Crippen molar-refractivity contribution in [1.29, 1.82) is 0 Å². The highest BCUT2D eigenvalue weighted by molar-refractivity contribution is 5.78. The average Bonchev–Trinajstić information content (AvgIpc) is 3.49. The van der Waals surface area contributed by atoms with Crippen LogP contribution in [-0.2, 0) is 13.0 Å². The van der Waals surface area contributed by atoms with Crippen LogP contribution in [0.1, 0.15) is 23.9 Å². The van der Waals surface area contributed by atoms with Gasteiger partial charge in [-0.25, -0.2) is 9.97 Å². The predicted octanol–water partition coefficient (Wildman–Crippen LogP) is 5.30. The number of nitrogens with zero attached hydrogens (tertiary/aromatic N) is 4. The summed E-state index contributed by atoms with van der Waals surface area (Å²) >= 11 is 0. The van der Waals surface area contributed by atoms with E-state index in [-0.39, 0.29) is 6.61 Å². The van der Waals surface area contributed by atoms with Gasteiger partial charge in [-0.1, -0.05) is 19.1 Å². The van der Waals surface area contributed by atoms with Crippen LogP contribution in [0, 0.1) is 6.92 Å². The number of methoxy groups -OCH3 is 1. The molecule has 7 heteroatoms. The molecule has 172 valence electrons. The third kappa shape index (κ3) is 3.91. The van der Waals surface area contributed by atoms with Crippen LogP contribution < -0.4 is 10.1 Å². The Labute approximate surface area is 198 Å². The summed E-state index contributed by atoms with van der Waals surface area (Å²) in [6.45, 7) is 4.06. The molecular formula is C27H27N5O2. The molecule has 34 heavy (non-hydrogen) atoms. The summed E-state index contributed by atoms with van der Waals surface area (Å²) in [6, 6.07) is 17.9. The number of ether oxygens (including phenoxy) is 1. The van der Waals surface area contributed by atoms with Crippen molar-refractivity contribution in [2.24, 2.45) is 0 Å². The normalized spacial score (nSPS) is 11.2. The maximum atomic E-state index is 10.0. The highest BCUT2D eigenvalue weighted by atomic mass is 16.5. The monoisotopic (exact) mass is 453 g/mol. The zero-order valence-electron chi connectivity index (χ0n) is 19.5. The number of benzene rings is 2. The van der Waals surface area contributed by atoms with Gasteiger partial charge in [0.15, 0.2) is 5.65 Å². The Morgan fingerprint density at radius 1 is 1.09 bits per heavy atom. The highest BCUT2D eigenvalue weighted by Gasteiger charge is 2.14. The van der Waals surface area contributed by atoms with Crippen molar-refractivity contribution in [3.05, 3.63) is 90.3 Å². The van der Waals surface area contributed by atoms with E-state index in [2.05, 4.69) is 28.5 Å². The van der Waals surface area contributed by atoms with E-state index in [4.69, 9.17) is 9.72 Å². The van der Waals surface area contributed by atoms with E-state index in [1.807, 2.05) is 71.6 Å². The Kier molecular flexibility index (Phi) is 5.77. The van der Waals surface area contributed by atoms with Crippen molar-refractivity contribution in [2.45, 2.75) is 26.9 Å². The van der Waals surface area contributed by atoms with Crippen molar-refractivity contribution in [1.82, 2.24) is 18.9 Å². The van der Waals surface area contributed by atoms with Gasteiger partial charge in [-0.3, -0.25) is 0 Å². The van der Waals surface area contributed by atoms with Gasteiger partial charge in [0.2, 0.25) is 0 Å². The van der Waals surface area contributed by atoms with E-state index in [1.165, 1.54) is 0 Å². The maximum absolute atomic E-state index is 10.0. The van der Waals surface area contributed by atoms with E-state index >= 15 is 0 Å². The summed E-state index contributed by atoms with van der Waals surface area (Å²) < 4.78 is 9.42. The Bertz CT molecular complexity index is 1470. The first kappa shape index (κ1) is 21.7. The van der Waals surface area contributed by atoms with Crippen LogP contribution in [0.4, 0.5) is 11.4 Å². The number of anilines is 2. The lowest BCUT2D eigenvalue weighted by Gasteiger charge is -2.13. The lowest BCUT2D eigenvalue weighted by atomic mass is 10.1. The number of aryl methyl sites for hydroxylation is 2. The van der Waals surface area contributed by atoms with E-state index < -0.39 is 0 Å². The van der Waals surface area contributed by atoms with Crippen LogP contribution >= 0.6 is 0 Å². The maximum Gasteiger partial charge on any atom is 0.161 e. The van der Waals surface area contributed by atoms with Crippen molar-refractivity contribution >= 4 is 17.0 Å². The van der Waals surface area contributed by atoms with Crippen LogP contribution in [0.2, 0.25) is 0 Å². The van der Waals surface area contributed by atoms with Crippen LogP contribution in [0.15, 0.2) is 73.3 Å². The summed E-state index contributed by atoms with van der Waals surface area (Å²) in [6.07, 6.45) is 6.66. The summed E-state index contributed by atoms with van der Waals surface area (Å²) in [5.74, 6) is 0.799. The number of rotatable bonds is 7. The third-order valence-electron chi connectivity index (χ3n) is 6.04. The molecule has 0 aliphatic carbocycles. The molecule has 0 saturated carbocycles. The number of hydrogen-bond acceptors (Lipinski definition) is 5. The smallest absolute Gasteiger partial charge is 0.161 e. The van der Waals surface area contributed by atoms with Crippen molar-refractivity contribution in [3.8, 4) is 22.7 Å². The van der Waals surface area contributed by atoms with Gasteiger partial charge in [-0.15, -0.1) is 0 Å². The molecule has 2 N–H and O–H groups in total. The molecule has 3 aromatic heterocycles. The van der Waals surface area contributed by atoms with Gasteiger partial charge in [0, 0.05) is 34.9 Å². The van der Waals surface area contributed by atoms with Gasteiger partial charge >= 0.3 is 0 Å². The number of pyridine rings is 1. The lowest BCUT2D eigenvalue weighted by Crippen LogP contribution is -2.00. The fourth-order valence-electron chi connectivity index (χ4n) is 4.20. The molecule has 5 rings (SSSR count). The van der Waals surface area contributed by atoms with Gasteiger partial charge in [-0.05, 0) is 55.8 Å². The number of aromatic nitrogens is 4. The largest absolute Gasteiger partial charge is 0.497 e. The van der Waals surface area contributed by atoms with E-state index in [0.29, 0.717) is 0 Å². The van der Waals surface area contributed by atoms with Gasteiger partial charge in [0.1, 0.15) is 5.75 Å². The topological polar surface area (TPSA) is 76.6 Å². The fourth-order valence-corrected chi connectivity index (χ4v) is 4.20. The Hall–Kier alpha value is -4.10. The van der Waals surface area contributed by atoms with Crippen molar-refractivity contribution < 1.29 is 9.84 Å². The zero-order chi connectivity index (χ0) is 23.7. The van der Waals surface area contributed by atoms with Crippen LogP contribution in [0.3, 0.4) is 0 Å². The van der Waals surface area contributed by atoms with Crippen molar-refractivity contribution in [2.75, 3.05) is 12.4 Å². The number of aliphatic hydroxyl groups is 1. The van der Waals surface area contributed by atoms with Gasteiger partial charge < -0.3 is 24.1 Å². The Morgan fingerprint density at radius 3 is 2.74 bits per heavy atom. The Balaban J connectivity index is 1.51. The van der Waals surface area contributed by atoms with Gasteiger partial charge in [0.05, 0.1) is 42.8 Å². The van der Waals surface area contributed by atoms with E-state index in [1.54, 1.807) is 13.4 Å². The summed E-state index contributed by atoms with van der Waals surface area (Å²) in [5.41, 5.74) is 8.28. The van der Waals surface area contributed by atoms with Crippen LogP contribution in [0.5, 0.6) is 5.75 Å². The number of hydrogen-bond donors (Lipinski definition) is 2. The summed E-state index contributed by atoms with van der Waals surface area (Å²) in [7, 11) is 1.67. The SMILES string of the molecule is CCc1cn(-c2ccc(Nc3cccn4c(C)c(-c5cccc(OC)c5)nc34)cc2CO)cn1. The molecular weight excluding hydrogens is 426 g/mol. The lowest BCUT2D eigenvalue weighted by molar-refractivity contribution is 0.281. The molecule has 3 heterocycles. The second kappa shape index (κ2) is 9.03. The first-order valence-corrected chi connectivity index (χ1v) is 11.3. The molecule has 2 aromatic carbocycles.